The van der Waals surface area contributed by atoms with Crippen LogP contribution in [0.3, 0.4) is 0 Å². The Labute approximate surface area is 151 Å². The fourth-order valence-electron chi connectivity index (χ4n) is 3.62. The van der Waals surface area contributed by atoms with Crippen LogP contribution in [0.5, 0.6) is 0 Å². The number of β-amino-alcohol motifs (C(OH)–C–C–N with tert-alkyl or cyclic N) is 1. The van der Waals surface area contributed by atoms with Crippen molar-refractivity contribution < 1.29 is 14.4 Å². The first-order valence-electron chi connectivity index (χ1n) is 9.03. The first-order valence-corrected chi connectivity index (χ1v) is 9.03. The van der Waals surface area contributed by atoms with Gasteiger partial charge < -0.3 is 19.8 Å². The predicted octanol–water partition coefficient (Wildman–Crippen LogP) is 0.949. The van der Waals surface area contributed by atoms with Crippen molar-refractivity contribution in [2.45, 2.75) is 50.7 Å². The monoisotopic (exact) mass is 357 g/mol. The summed E-state index contributed by atoms with van der Waals surface area (Å²) in [5.41, 5.74) is 1.79. The molecular formula is C18H23N5O3. The largest absolute Gasteiger partial charge is 0.391 e. The first-order chi connectivity index (χ1) is 12.6. The van der Waals surface area contributed by atoms with Crippen molar-refractivity contribution in [3.05, 3.63) is 35.6 Å². The summed E-state index contributed by atoms with van der Waals surface area (Å²) in [4.78, 5) is 22.9. The molecule has 2 fully saturated rings. The maximum absolute atomic E-state index is 12.1. The second-order valence-corrected chi connectivity index (χ2v) is 7.23. The Balaban J connectivity index is 1.28. The molecule has 3 heterocycles. The molecule has 0 unspecified atom stereocenters. The van der Waals surface area contributed by atoms with Crippen LogP contribution in [0.15, 0.2) is 23.0 Å². The average molecular weight is 357 g/mol. The molecular weight excluding hydrogens is 334 g/mol. The highest BCUT2D eigenvalue weighted by molar-refractivity contribution is 5.78. The summed E-state index contributed by atoms with van der Waals surface area (Å²) in [5.74, 6) is 1.75. The van der Waals surface area contributed by atoms with Gasteiger partial charge in [0.1, 0.15) is 17.9 Å². The molecule has 8 heteroatoms. The van der Waals surface area contributed by atoms with Gasteiger partial charge in [-0.05, 0) is 26.2 Å². The fraction of sp³-hybridized carbons (Fsp3) is 0.556. The van der Waals surface area contributed by atoms with Crippen molar-refractivity contribution in [3.63, 3.8) is 0 Å². The Morgan fingerprint density at radius 2 is 2.23 bits per heavy atom. The van der Waals surface area contributed by atoms with Crippen molar-refractivity contribution >= 4 is 11.7 Å². The quantitative estimate of drug-likeness (QED) is 0.821. The molecule has 1 atom stereocenters. The Bertz CT molecular complexity index is 787. The van der Waals surface area contributed by atoms with Crippen LogP contribution < -0.4 is 10.2 Å². The molecule has 2 aromatic heterocycles. The molecule has 1 amide bonds. The van der Waals surface area contributed by atoms with Crippen LogP contribution in [0.25, 0.3) is 0 Å². The van der Waals surface area contributed by atoms with Gasteiger partial charge in [0.2, 0.25) is 5.91 Å². The lowest BCUT2D eigenvalue weighted by atomic mass is 9.78. The highest BCUT2D eigenvalue weighted by atomic mass is 16.5. The summed E-state index contributed by atoms with van der Waals surface area (Å²) in [5, 5.41) is 16.5. The average Bonchev–Trinajstić information content (AvgIpc) is 3.19. The molecule has 26 heavy (non-hydrogen) atoms. The molecule has 0 spiro atoms. The van der Waals surface area contributed by atoms with Crippen LogP contribution in [-0.4, -0.2) is 51.4 Å². The number of nitrogens with zero attached hydrogens (tertiary/aromatic N) is 4. The number of hydrogen-bond acceptors (Lipinski definition) is 7. The fourth-order valence-corrected chi connectivity index (χ4v) is 3.62. The lowest BCUT2D eigenvalue weighted by molar-refractivity contribution is -0.122. The van der Waals surface area contributed by atoms with Crippen LogP contribution in [-0.2, 0) is 11.2 Å². The molecule has 2 aliphatic rings. The van der Waals surface area contributed by atoms with E-state index in [2.05, 4.69) is 25.3 Å². The molecule has 1 saturated carbocycles. The molecule has 0 bridgehead atoms. The molecule has 1 aliphatic carbocycles. The maximum Gasteiger partial charge on any atom is 0.227 e. The Hall–Kier alpha value is -2.48. The van der Waals surface area contributed by atoms with Gasteiger partial charge in [-0.3, -0.25) is 4.79 Å². The standard InChI is InChI=1S/C18H23N5O3/c1-11-4-15(26-22-11)7-18(25)21-13-5-12(6-13)16-8-17(20-10-19-16)23-3-2-14(24)9-23/h4,8,10,12-14,24H,2-3,5-7,9H2,1H3,(H,21,25)/t12?,13?,14-/m1/s1. The van der Waals surface area contributed by atoms with E-state index >= 15 is 0 Å². The molecule has 0 radical (unpaired) electrons. The minimum atomic E-state index is -0.273. The van der Waals surface area contributed by atoms with Crippen LogP contribution in [0.4, 0.5) is 5.82 Å². The van der Waals surface area contributed by atoms with E-state index in [-0.39, 0.29) is 24.5 Å². The maximum atomic E-state index is 12.1. The minimum absolute atomic E-state index is 0.0426. The van der Waals surface area contributed by atoms with Crippen LogP contribution in [0, 0.1) is 6.92 Å². The molecule has 1 aliphatic heterocycles. The normalized spacial score (nSPS) is 25.2. The van der Waals surface area contributed by atoms with E-state index in [1.165, 1.54) is 0 Å². The van der Waals surface area contributed by atoms with Gasteiger partial charge in [0, 0.05) is 42.9 Å². The number of amides is 1. The van der Waals surface area contributed by atoms with Crippen molar-refractivity contribution in [1.29, 1.82) is 0 Å². The van der Waals surface area contributed by atoms with Crippen LogP contribution in [0.1, 0.15) is 42.3 Å². The number of aliphatic hydroxyl groups is 1. The number of carbonyl (C=O) groups is 1. The SMILES string of the molecule is Cc1cc(CC(=O)NC2CC(c3cc(N4CC[C@@H](O)C4)ncn3)C2)on1. The molecule has 138 valence electrons. The second-order valence-electron chi connectivity index (χ2n) is 7.23. The highest BCUT2D eigenvalue weighted by Gasteiger charge is 2.33. The van der Waals surface area contributed by atoms with E-state index < -0.39 is 0 Å². The number of hydrogen-bond donors (Lipinski definition) is 2. The van der Waals surface area contributed by atoms with Gasteiger partial charge in [-0.1, -0.05) is 5.16 Å². The Kier molecular flexibility index (Phi) is 4.58. The van der Waals surface area contributed by atoms with Gasteiger partial charge in [-0.25, -0.2) is 9.97 Å². The topological polar surface area (TPSA) is 104 Å². The predicted molar refractivity (Wildman–Crippen MR) is 93.7 cm³/mol. The molecule has 2 N–H and O–H groups in total. The van der Waals surface area contributed by atoms with E-state index in [1.807, 2.05) is 13.0 Å². The number of rotatable bonds is 5. The van der Waals surface area contributed by atoms with Gasteiger partial charge in [0.25, 0.3) is 0 Å². The van der Waals surface area contributed by atoms with E-state index in [0.717, 1.165) is 43.0 Å². The minimum Gasteiger partial charge on any atom is -0.391 e. The van der Waals surface area contributed by atoms with Crippen molar-refractivity contribution in [3.8, 4) is 0 Å². The van der Waals surface area contributed by atoms with Crippen molar-refractivity contribution in [2.75, 3.05) is 18.0 Å². The summed E-state index contributed by atoms with van der Waals surface area (Å²) < 4.78 is 5.08. The molecule has 4 rings (SSSR count). The summed E-state index contributed by atoms with van der Waals surface area (Å²) in [6.45, 7) is 3.28. The van der Waals surface area contributed by atoms with Gasteiger partial charge in [0.05, 0.1) is 18.2 Å². The zero-order valence-electron chi connectivity index (χ0n) is 14.8. The van der Waals surface area contributed by atoms with E-state index in [1.54, 1.807) is 12.4 Å². The lowest BCUT2D eigenvalue weighted by Crippen LogP contribution is -2.44. The zero-order valence-corrected chi connectivity index (χ0v) is 14.8. The van der Waals surface area contributed by atoms with Gasteiger partial charge in [-0.2, -0.15) is 0 Å². The van der Waals surface area contributed by atoms with Crippen molar-refractivity contribution in [1.82, 2.24) is 20.4 Å². The van der Waals surface area contributed by atoms with Crippen LogP contribution in [0.2, 0.25) is 0 Å². The van der Waals surface area contributed by atoms with Crippen molar-refractivity contribution in [2.24, 2.45) is 0 Å². The summed E-state index contributed by atoms with van der Waals surface area (Å²) in [6, 6.07) is 3.96. The summed E-state index contributed by atoms with van der Waals surface area (Å²) in [7, 11) is 0. The zero-order chi connectivity index (χ0) is 18.1. The summed E-state index contributed by atoms with van der Waals surface area (Å²) >= 11 is 0. The number of carbonyl (C=O) groups excluding carboxylic acids is 1. The second kappa shape index (κ2) is 7.03. The Morgan fingerprint density at radius 3 is 2.92 bits per heavy atom. The Morgan fingerprint density at radius 1 is 1.38 bits per heavy atom. The van der Waals surface area contributed by atoms with Crippen LogP contribution >= 0.6 is 0 Å². The highest BCUT2D eigenvalue weighted by Crippen LogP contribution is 2.36. The molecule has 2 aromatic rings. The van der Waals surface area contributed by atoms with E-state index in [9.17, 15) is 9.90 Å². The third-order valence-electron chi connectivity index (χ3n) is 5.09. The third-order valence-corrected chi connectivity index (χ3v) is 5.09. The number of aryl methyl sites for hydroxylation is 1. The van der Waals surface area contributed by atoms with E-state index in [4.69, 9.17) is 4.52 Å². The van der Waals surface area contributed by atoms with Gasteiger partial charge in [0.15, 0.2) is 0 Å². The number of aliphatic hydroxyl groups excluding tert-OH is 1. The number of nitrogens with one attached hydrogen (secondary N) is 1. The molecule has 0 aromatic carbocycles. The third kappa shape index (κ3) is 3.70. The van der Waals surface area contributed by atoms with Gasteiger partial charge in [-0.15, -0.1) is 0 Å². The molecule has 8 nitrogen and oxygen atoms in total. The lowest BCUT2D eigenvalue weighted by Gasteiger charge is -2.35. The number of anilines is 1. The first kappa shape index (κ1) is 17.0. The number of aromatic nitrogens is 3. The smallest absolute Gasteiger partial charge is 0.227 e. The van der Waals surface area contributed by atoms with E-state index in [0.29, 0.717) is 18.2 Å². The van der Waals surface area contributed by atoms with Gasteiger partial charge >= 0.3 is 0 Å². The summed E-state index contributed by atoms with van der Waals surface area (Å²) in [6.07, 6.45) is 4.07. The molecule has 1 saturated heterocycles.